The van der Waals surface area contributed by atoms with E-state index in [4.69, 9.17) is 28.4 Å². The lowest BCUT2D eigenvalue weighted by molar-refractivity contribution is 0.378. The summed E-state index contributed by atoms with van der Waals surface area (Å²) < 4.78 is 34.6. The minimum absolute atomic E-state index is 0.0576. The Morgan fingerprint density at radius 2 is 0.975 bits per heavy atom. The number of fused-ring (bicyclic) bond motifs is 2. The third kappa shape index (κ3) is 4.68. The minimum atomic E-state index is -0.139. The van der Waals surface area contributed by atoms with Gasteiger partial charge < -0.3 is 28.4 Å². The lowest BCUT2D eigenvalue weighted by atomic mass is 9.65. The summed E-state index contributed by atoms with van der Waals surface area (Å²) in [4.78, 5) is 0. The fourth-order valence-corrected chi connectivity index (χ4v) is 6.03. The van der Waals surface area contributed by atoms with Gasteiger partial charge in [-0.1, -0.05) is 31.2 Å². The maximum absolute atomic E-state index is 6.07. The van der Waals surface area contributed by atoms with Crippen molar-refractivity contribution in [3.05, 3.63) is 106 Å². The first-order chi connectivity index (χ1) is 19.5. The Labute approximate surface area is 236 Å². The summed E-state index contributed by atoms with van der Waals surface area (Å²) in [5.74, 6) is 4.55. The number of hydrogen-bond acceptors (Lipinski definition) is 6. The molecule has 0 saturated heterocycles. The number of ether oxygens (including phenoxy) is 6. The second kappa shape index (κ2) is 11.4. The second-order valence-electron chi connectivity index (χ2n) is 9.91. The number of rotatable bonds is 9. The topological polar surface area (TPSA) is 55.4 Å². The minimum Gasteiger partial charge on any atom is -0.497 e. The lowest BCUT2D eigenvalue weighted by Gasteiger charge is -2.39. The van der Waals surface area contributed by atoms with E-state index in [1.54, 1.807) is 42.7 Å². The van der Waals surface area contributed by atoms with Gasteiger partial charge in [0.15, 0.2) is 0 Å². The van der Waals surface area contributed by atoms with Crippen molar-refractivity contribution >= 4 is 0 Å². The molecule has 0 aliphatic heterocycles. The Morgan fingerprint density at radius 3 is 1.48 bits per heavy atom. The van der Waals surface area contributed by atoms with E-state index in [2.05, 4.69) is 43.3 Å². The van der Waals surface area contributed by atoms with Crippen LogP contribution in [0.25, 0.3) is 0 Å². The maximum Gasteiger partial charge on any atom is 0.127 e. The van der Waals surface area contributed by atoms with Crippen LogP contribution in [0.3, 0.4) is 0 Å². The summed E-state index contributed by atoms with van der Waals surface area (Å²) in [7, 11) is 10.2. The Bertz CT molecular complexity index is 1480. The fourth-order valence-electron chi connectivity index (χ4n) is 6.03. The van der Waals surface area contributed by atoms with Crippen molar-refractivity contribution in [2.24, 2.45) is 0 Å². The molecule has 0 saturated carbocycles. The molecular formula is C34H36O6. The highest BCUT2D eigenvalue weighted by Crippen LogP contribution is 2.57. The smallest absolute Gasteiger partial charge is 0.127 e. The average Bonchev–Trinajstić information content (AvgIpc) is 3.02. The van der Waals surface area contributed by atoms with E-state index < -0.39 is 0 Å². The Morgan fingerprint density at radius 1 is 0.500 bits per heavy atom. The summed E-state index contributed by atoms with van der Waals surface area (Å²) in [6, 6.07) is 24.7. The predicted octanol–water partition coefficient (Wildman–Crippen LogP) is 7.17. The Hall–Kier alpha value is -4.32. The van der Waals surface area contributed by atoms with Crippen LogP contribution in [0.5, 0.6) is 34.5 Å². The maximum atomic E-state index is 6.07. The highest BCUT2D eigenvalue weighted by Gasteiger charge is 2.41. The van der Waals surface area contributed by atoms with Crippen LogP contribution in [0.2, 0.25) is 0 Å². The largest absolute Gasteiger partial charge is 0.497 e. The van der Waals surface area contributed by atoms with Crippen molar-refractivity contribution in [3.8, 4) is 34.5 Å². The first kappa shape index (κ1) is 27.3. The highest BCUT2D eigenvalue weighted by molar-refractivity contribution is 5.68. The normalized spacial score (nSPS) is 16.3. The van der Waals surface area contributed by atoms with Crippen molar-refractivity contribution in [3.63, 3.8) is 0 Å². The number of hydrogen-bond donors (Lipinski definition) is 0. The quantitative estimate of drug-likeness (QED) is 0.224. The van der Waals surface area contributed by atoms with E-state index in [9.17, 15) is 0 Å². The van der Waals surface area contributed by atoms with Gasteiger partial charge in [-0.3, -0.25) is 0 Å². The molecule has 1 aliphatic carbocycles. The molecule has 0 amide bonds. The SMILES string of the molecule is COc1ccc(C(C)C2c3cc(OC)cc(OC)c3[C@@H](c3ccc(OC)cc3)c3cc(OC)cc(OC)c32)cc1. The van der Waals surface area contributed by atoms with Crippen LogP contribution >= 0.6 is 0 Å². The van der Waals surface area contributed by atoms with E-state index in [0.29, 0.717) is 0 Å². The summed E-state index contributed by atoms with van der Waals surface area (Å²) in [5.41, 5.74) is 6.76. The van der Waals surface area contributed by atoms with Gasteiger partial charge >= 0.3 is 0 Å². The summed E-state index contributed by atoms with van der Waals surface area (Å²) in [6.45, 7) is 2.25. The van der Waals surface area contributed by atoms with Crippen LogP contribution in [0.4, 0.5) is 0 Å². The summed E-state index contributed by atoms with van der Waals surface area (Å²) in [6.07, 6.45) is 0. The van der Waals surface area contributed by atoms with E-state index in [1.807, 2.05) is 36.4 Å². The van der Waals surface area contributed by atoms with Crippen molar-refractivity contribution in [2.45, 2.75) is 24.7 Å². The van der Waals surface area contributed by atoms with E-state index in [-0.39, 0.29) is 17.8 Å². The molecule has 6 nitrogen and oxygen atoms in total. The molecule has 0 spiro atoms. The van der Waals surface area contributed by atoms with Crippen LogP contribution < -0.4 is 28.4 Å². The first-order valence-corrected chi connectivity index (χ1v) is 13.3. The van der Waals surface area contributed by atoms with Crippen molar-refractivity contribution < 1.29 is 28.4 Å². The van der Waals surface area contributed by atoms with Gasteiger partial charge in [0, 0.05) is 35.1 Å². The first-order valence-electron chi connectivity index (χ1n) is 13.3. The molecule has 4 aromatic rings. The molecule has 5 rings (SSSR count). The van der Waals surface area contributed by atoms with Gasteiger partial charge in [-0.25, -0.2) is 0 Å². The number of methoxy groups -OCH3 is 6. The molecule has 0 bridgehead atoms. The lowest BCUT2D eigenvalue weighted by Crippen LogP contribution is -2.24. The summed E-state index contributed by atoms with van der Waals surface area (Å²) >= 11 is 0. The Kier molecular flexibility index (Phi) is 7.78. The molecule has 0 radical (unpaired) electrons. The zero-order valence-corrected chi connectivity index (χ0v) is 24.1. The Balaban J connectivity index is 1.85. The fraction of sp³-hybridized carbons (Fsp3) is 0.294. The molecule has 208 valence electrons. The van der Waals surface area contributed by atoms with Crippen molar-refractivity contribution in [2.75, 3.05) is 42.7 Å². The average molecular weight is 541 g/mol. The molecule has 4 aromatic carbocycles. The van der Waals surface area contributed by atoms with Gasteiger partial charge in [0.25, 0.3) is 0 Å². The van der Waals surface area contributed by atoms with Crippen LogP contribution in [-0.2, 0) is 0 Å². The third-order valence-corrected chi connectivity index (χ3v) is 8.04. The standard InChI is InChI=1S/C34H36O6/c1-20(21-8-12-23(35-2)13-9-21)31-27-16-25(37-4)19-30(40-7)34(27)32(22-10-14-24(36-3)15-11-22)28-17-26(38-5)18-29(39-6)33(28)31/h8-20,31-32H,1-7H3/t20?,31?,32-/m0/s1. The molecule has 0 heterocycles. The molecular weight excluding hydrogens is 504 g/mol. The van der Waals surface area contributed by atoms with Gasteiger partial charge in [-0.05, 0) is 64.6 Å². The van der Waals surface area contributed by atoms with Crippen molar-refractivity contribution in [1.82, 2.24) is 0 Å². The number of benzene rings is 4. The van der Waals surface area contributed by atoms with E-state index in [0.717, 1.165) is 62.3 Å². The van der Waals surface area contributed by atoms with Gasteiger partial charge in [-0.15, -0.1) is 0 Å². The van der Waals surface area contributed by atoms with Crippen LogP contribution in [-0.4, -0.2) is 42.7 Å². The van der Waals surface area contributed by atoms with Crippen LogP contribution in [0, 0.1) is 0 Å². The molecule has 3 atom stereocenters. The highest BCUT2D eigenvalue weighted by atomic mass is 16.5. The molecule has 0 aromatic heterocycles. The van der Waals surface area contributed by atoms with Gasteiger partial charge in [-0.2, -0.15) is 0 Å². The van der Waals surface area contributed by atoms with Crippen LogP contribution in [0.1, 0.15) is 58.1 Å². The van der Waals surface area contributed by atoms with E-state index >= 15 is 0 Å². The zero-order valence-electron chi connectivity index (χ0n) is 24.1. The molecule has 0 N–H and O–H groups in total. The summed E-state index contributed by atoms with van der Waals surface area (Å²) in [5, 5.41) is 0. The molecule has 6 heteroatoms. The van der Waals surface area contributed by atoms with Gasteiger partial charge in [0.1, 0.15) is 34.5 Å². The van der Waals surface area contributed by atoms with Crippen molar-refractivity contribution in [1.29, 1.82) is 0 Å². The second-order valence-corrected chi connectivity index (χ2v) is 9.91. The molecule has 1 aliphatic rings. The van der Waals surface area contributed by atoms with Gasteiger partial charge in [0.05, 0.1) is 42.7 Å². The third-order valence-electron chi connectivity index (χ3n) is 8.04. The van der Waals surface area contributed by atoms with E-state index in [1.165, 1.54) is 5.56 Å². The molecule has 0 fully saturated rings. The zero-order chi connectivity index (χ0) is 28.4. The van der Waals surface area contributed by atoms with Crippen LogP contribution in [0.15, 0.2) is 72.8 Å². The molecule has 40 heavy (non-hydrogen) atoms. The molecule has 2 unspecified atom stereocenters. The predicted molar refractivity (Wildman–Crippen MR) is 156 cm³/mol. The monoisotopic (exact) mass is 540 g/mol. The van der Waals surface area contributed by atoms with Gasteiger partial charge in [0.2, 0.25) is 0 Å².